The Morgan fingerprint density at radius 3 is 2.53 bits per heavy atom. The van der Waals surface area contributed by atoms with Gasteiger partial charge in [0.1, 0.15) is 5.82 Å². The Morgan fingerprint density at radius 1 is 1.00 bits per heavy atom. The molecule has 0 amide bonds. The number of nitrogens with zero attached hydrogens (tertiary/aromatic N) is 2. The minimum absolute atomic E-state index is 0.0241. The van der Waals surface area contributed by atoms with Crippen LogP contribution in [-0.2, 0) is 0 Å². The van der Waals surface area contributed by atoms with Crippen molar-refractivity contribution in [3.8, 4) is 5.69 Å². The van der Waals surface area contributed by atoms with Gasteiger partial charge in [-0.25, -0.2) is 9.37 Å². The number of fused-ring (bicyclic) bond motifs is 1. The number of Topliss-reactive ketones (excluding diaryl/α,β-unsaturated/α-hetero) is 1. The third kappa shape index (κ3) is 4.50. The number of benzene rings is 3. The number of para-hydroxylation sites is 1. The van der Waals surface area contributed by atoms with E-state index in [0.717, 1.165) is 16.8 Å². The highest BCUT2D eigenvalue weighted by Gasteiger charge is 2.15. The summed E-state index contributed by atoms with van der Waals surface area (Å²) >= 11 is 1.46. The van der Waals surface area contributed by atoms with Gasteiger partial charge in [0.15, 0.2) is 10.9 Å². The van der Waals surface area contributed by atoms with Crippen molar-refractivity contribution in [1.82, 2.24) is 9.55 Å². The lowest BCUT2D eigenvalue weighted by Gasteiger charge is -2.16. The summed E-state index contributed by atoms with van der Waals surface area (Å²) in [6, 6.07) is 18.8. The van der Waals surface area contributed by atoms with Gasteiger partial charge in [-0.15, -0.1) is 0 Å². The maximum Gasteiger partial charge on any atom is 0.266 e. The summed E-state index contributed by atoms with van der Waals surface area (Å²) < 4.78 is 14.7. The van der Waals surface area contributed by atoms with Gasteiger partial charge in [0.25, 0.3) is 5.56 Å². The number of carbonyl (C=O) groups excluding carboxylic acids is 1. The second-order valence-electron chi connectivity index (χ2n) is 7.65. The normalized spacial score (nSPS) is 11.1. The van der Waals surface area contributed by atoms with Gasteiger partial charge < -0.3 is 0 Å². The molecule has 0 aliphatic heterocycles. The molecule has 32 heavy (non-hydrogen) atoms. The van der Waals surface area contributed by atoms with E-state index in [1.807, 2.05) is 50.2 Å². The Bertz CT molecular complexity index is 1350. The predicted molar refractivity (Wildman–Crippen MR) is 128 cm³/mol. The van der Waals surface area contributed by atoms with E-state index in [0.29, 0.717) is 40.2 Å². The molecule has 1 aromatic heterocycles. The zero-order valence-electron chi connectivity index (χ0n) is 18.0. The topological polar surface area (TPSA) is 52.0 Å². The van der Waals surface area contributed by atoms with Crippen molar-refractivity contribution in [2.45, 2.75) is 31.8 Å². The largest absolute Gasteiger partial charge is 0.294 e. The highest BCUT2D eigenvalue weighted by Crippen LogP contribution is 2.25. The number of ketones is 1. The van der Waals surface area contributed by atoms with Gasteiger partial charge in [-0.05, 0) is 73.9 Å². The molecule has 6 heteroatoms. The van der Waals surface area contributed by atoms with Crippen LogP contribution in [0.3, 0.4) is 0 Å². The number of hydrogen-bond acceptors (Lipinski definition) is 4. The molecular weight excluding hydrogens is 423 g/mol. The molecule has 162 valence electrons. The van der Waals surface area contributed by atoms with Gasteiger partial charge in [0, 0.05) is 17.7 Å². The molecule has 0 saturated heterocycles. The highest BCUT2D eigenvalue weighted by molar-refractivity contribution is 7.99. The fourth-order valence-electron chi connectivity index (χ4n) is 3.58. The minimum atomic E-state index is -0.358. The second kappa shape index (κ2) is 9.49. The fourth-order valence-corrected chi connectivity index (χ4v) is 4.52. The molecule has 3 aromatic carbocycles. The van der Waals surface area contributed by atoms with Crippen LogP contribution in [0.4, 0.5) is 4.39 Å². The van der Waals surface area contributed by atoms with Crippen LogP contribution in [0.25, 0.3) is 16.6 Å². The van der Waals surface area contributed by atoms with Crippen LogP contribution in [0.15, 0.2) is 76.7 Å². The van der Waals surface area contributed by atoms with Crippen LogP contribution in [0.1, 0.15) is 34.3 Å². The molecule has 4 aromatic rings. The Balaban J connectivity index is 1.60. The summed E-state index contributed by atoms with van der Waals surface area (Å²) in [6.45, 7) is 4.02. The summed E-state index contributed by atoms with van der Waals surface area (Å²) in [5.74, 6) is 0.246. The van der Waals surface area contributed by atoms with Crippen LogP contribution >= 0.6 is 11.8 Å². The van der Waals surface area contributed by atoms with Gasteiger partial charge in [0.2, 0.25) is 0 Å². The van der Waals surface area contributed by atoms with Gasteiger partial charge >= 0.3 is 0 Å². The average Bonchev–Trinajstić information content (AvgIpc) is 2.79. The van der Waals surface area contributed by atoms with Crippen molar-refractivity contribution in [3.63, 3.8) is 0 Å². The lowest BCUT2D eigenvalue weighted by Crippen LogP contribution is -2.22. The third-order valence-corrected chi connectivity index (χ3v) is 6.53. The minimum Gasteiger partial charge on any atom is -0.294 e. The molecule has 4 rings (SSSR count). The van der Waals surface area contributed by atoms with Crippen molar-refractivity contribution in [1.29, 1.82) is 0 Å². The van der Waals surface area contributed by atoms with Crippen molar-refractivity contribution < 1.29 is 9.18 Å². The summed E-state index contributed by atoms with van der Waals surface area (Å²) in [5, 5.41) is 1.18. The molecule has 4 nitrogen and oxygen atoms in total. The summed E-state index contributed by atoms with van der Waals surface area (Å²) in [5.41, 5.74) is 4.01. The van der Waals surface area contributed by atoms with Crippen molar-refractivity contribution >= 4 is 28.4 Å². The van der Waals surface area contributed by atoms with E-state index >= 15 is 0 Å². The Morgan fingerprint density at radius 2 is 1.75 bits per heavy atom. The number of aryl methyl sites for hydroxylation is 1. The predicted octanol–water partition coefficient (Wildman–Crippen LogP) is 5.90. The summed E-state index contributed by atoms with van der Waals surface area (Å²) in [7, 11) is 0. The quantitative estimate of drug-likeness (QED) is 0.154. The monoisotopic (exact) mass is 446 g/mol. The molecule has 0 atom stereocenters. The first kappa shape index (κ1) is 22.0. The van der Waals surface area contributed by atoms with Gasteiger partial charge in [-0.2, -0.15) is 0 Å². The average molecular weight is 447 g/mol. The van der Waals surface area contributed by atoms with Crippen LogP contribution in [0.5, 0.6) is 0 Å². The van der Waals surface area contributed by atoms with Crippen LogP contribution in [0, 0.1) is 19.7 Å². The number of thioether (sulfide) groups is 1. The molecule has 0 unspecified atom stereocenters. The van der Waals surface area contributed by atoms with E-state index in [-0.39, 0.29) is 17.2 Å². The van der Waals surface area contributed by atoms with E-state index in [9.17, 15) is 14.0 Å². The first-order valence-corrected chi connectivity index (χ1v) is 11.4. The molecule has 0 spiro atoms. The maximum atomic E-state index is 13.4. The van der Waals surface area contributed by atoms with Crippen molar-refractivity contribution in [2.24, 2.45) is 0 Å². The molecule has 0 radical (unpaired) electrons. The lowest BCUT2D eigenvalue weighted by atomic mass is 10.1. The van der Waals surface area contributed by atoms with Gasteiger partial charge in [-0.1, -0.05) is 36.0 Å². The molecular formula is C26H23FN2O2S. The smallest absolute Gasteiger partial charge is 0.266 e. The second-order valence-corrected chi connectivity index (χ2v) is 8.72. The third-order valence-electron chi connectivity index (χ3n) is 5.51. The fraction of sp³-hybridized carbons (Fsp3) is 0.192. The highest BCUT2D eigenvalue weighted by atomic mass is 32.2. The molecule has 0 bridgehead atoms. The molecule has 0 saturated carbocycles. The molecule has 0 fully saturated rings. The molecule has 0 N–H and O–H groups in total. The van der Waals surface area contributed by atoms with E-state index in [1.165, 1.54) is 36.0 Å². The Hall–Kier alpha value is -3.25. The maximum absolute atomic E-state index is 13.4. The number of carbonyl (C=O) groups is 1. The number of hydrogen-bond donors (Lipinski definition) is 0. The first-order chi connectivity index (χ1) is 15.5. The Labute approximate surface area is 190 Å². The molecule has 0 aliphatic carbocycles. The van der Waals surface area contributed by atoms with E-state index in [4.69, 9.17) is 4.98 Å². The lowest BCUT2D eigenvalue weighted by molar-refractivity contribution is 0.0982. The number of halogens is 1. The summed E-state index contributed by atoms with van der Waals surface area (Å²) in [4.78, 5) is 30.5. The van der Waals surface area contributed by atoms with Crippen molar-refractivity contribution in [2.75, 3.05) is 5.75 Å². The SMILES string of the molecule is Cc1cccc(-n2c(SCCCC(=O)c3ccc(F)cc3)nc3ccccc3c2=O)c1C. The van der Waals surface area contributed by atoms with Crippen LogP contribution in [0.2, 0.25) is 0 Å². The standard InChI is InChI=1S/C26H23FN2O2S/c1-17-7-5-10-23(18(17)2)29-25(31)21-8-3-4-9-22(21)28-26(29)32-16-6-11-24(30)19-12-14-20(27)15-13-19/h3-5,7-10,12-15H,6,11,16H2,1-2H3. The first-order valence-electron chi connectivity index (χ1n) is 10.5. The number of rotatable bonds is 7. The summed E-state index contributed by atoms with van der Waals surface area (Å²) in [6.07, 6.45) is 0.969. The zero-order chi connectivity index (χ0) is 22.7. The van der Waals surface area contributed by atoms with Gasteiger partial charge in [0.05, 0.1) is 16.6 Å². The van der Waals surface area contributed by atoms with E-state index in [1.54, 1.807) is 10.6 Å². The van der Waals surface area contributed by atoms with Crippen LogP contribution in [-0.4, -0.2) is 21.1 Å². The number of aromatic nitrogens is 2. The van der Waals surface area contributed by atoms with E-state index < -0.39 is 0 Å². The van der Waals surface area contributed by atoms with Gasteiger partial charge in [-0.3, -0.25) is 14.2 Å². The Kier molecular flexibility index (Phi) is 6.51. The van der Waals surface area contributed by atoms with E-state index in [2.05, 4.69) is 0 Å². The molecule has 0 aliphatic rings. The molecule has 1 heterocycles. The zero-order valence-corrected chi connectivity index (χ0v) is 18.8. The van der Waals surface area contributed by atoms with Crippen molar-refractivity contribution in [3.05, 3.63) is 99.6 Å². The van der Waals surface area contributed by atoms with Crippen LogP contribution < -0.4 is 5.56 Å².